The molecule has 3 atom stereocenters. The number of carbonyl (C=O) groups is 1. The molecular weight excluding hydrogens is 406 g/mol. The third-order valence-corrected chi connectivity index (χ3v) is 8.23. The van der Waals surface area contributed by atoms with E-state index in [1.54, 1.807) is 6.92 Å². The molecule has 0 aromatic heterocycles. The lowest BCUT2D eigenvalue weighted by Gasteiger charge is -2.44. The smallest absolute Gasteiger partial charge is 0.159 e. The molecular formula is C27H32ClNO2. The average Bonchev–Trinajstić information content (AvgIpc) is 2.89. The van der Waals surface area contributed by atoms with Gasteiger partial charge in [-0.2, -0.15) is 0 Å². The Kier molecular flexibility index (Phi) is 5.50. The van der Waals surface area contributed by atoms with Crippen molar-refractivity contribution in [3.63, 3.8) is 0 Å². The van der Waals surface area contributed by atoms with Gasteiger partial charge in [0.1, 0.15) is 5.75 Å². The Morgan fingerprint density at radius 3 is 2.77 bits per heavy atom. The van der Waals surface area contributed by atoms with Gasteiger partial charge in [0, 0.05) is 29.1 Å². The maximum absolute atomic E-state index is 12.1. The standard InChI is InChI=1S/C27H32ClNO2/c1-3-19-6-7-22(19)15-29-16-27(12-4-5-21-13-23(28)9-10-24(21)27)17-31-26-11-8-20(18(2)30)14-25(26)29/h8-11,13-14,19,22H,3-7,12,15-17H2,1-2H3/t19-,22+,27+/m1/s1. The number of hydrogen-bond donors (Lipinski definition) is 0. The van der Waals surface area contributed by atoms with Crippen LogP contribution in [-0.4, -0.2) is 25.5 Å². The summed E-state index contributed by atoms with van der Waals surface area (Å²) in [6.45, 7) is 6.61. The van der Waals surface area contributed by atoms with Crippen LogP contribution in [0.2, 0.25) is 5.02 Å². The number of hydrogen-bond acceptors (Lipinski definition) is 3. The Hall–Kier alpha value is -2.00. The quantitative estimate of drug-likeness (QED) is 0.514. The first-order chi connectivity index (χ1) is 15.0. The van der Waals surface area contributed by atoms with Crippen LogP contribution in [0.1, 0.15) is 67.4 Å². The van der Waals surface area contributed by atoms with E-state index in [-0.39, 0.29) is 11.2 Å². The van der Waals surface area contributed by atoms with Gasteiger partial charge in [0.2, 0.25) is 0 Å². The largest absolute Gasteiger partial charge is 0.490 e. The molecule has 1 fully saturated rings. The van der Waals surface area contributed by atoms with Crippen molar-refractivity contribution < 1.29 is 9.53 Å². The van der Waals surface area contributed by atoms with E-state index in [4.69, 9.17) is 16.3 Å². The Bertz CT molecular complexity index is 1000. The minimum absolute atomic E-state index is 0.0426. The van der Waals surface area contributed by atoms with E-state index in [1.807, 2.05) is 18.2 Å². The Labute approximate surface area is 190 Å². The molecule has 2 aromatic carbocycles. The molecule has 2 aliphatic carbocycles. The Balaban J connectivity index is 1.56. The second-order valence-electron chi connectivity index (χ2n) is 9.85. The molecule has 4 heteroatoms. The molecule has 0 N–H and O–H groups in total. The van der Waals surface area contributed by atoms with Gasteiger partial charge in [-0.3, -0.25) is 4.79 Å². The maximum atomic E-state index is 12.1. The minimum atomic E-state index is -0.0426. The normalized spacial score (nSPS) is 27.0. The van der Waals surface area contributed by atoms with E-state index >= 15 is 0 Å². The molecule has 2 aromatic rings. The van der Waals surface area contributed by atoms with Gasteiger partial charge >= 0.3 is 0 Å². The molecule has 0 unspecified atom stereocenters. The van der Waals surface area contributed by atoms with Crippen molar-refractivity contribution in [2.45, 2.75) is 57.8 Å². The van der Waals surface area contributed by atoms with E-state index in [0.717, 1.165) is 66.2 Å². The monoisotopic (exact) mass is 437 g/mol. The van der Waals surface area contributed by atoms with Crippen LogP contribution in [0, 0.1) is 11.8 Å². The van der Waals surface area contributed by atoms with Crippen molar-refractivity contribution in [2.24, 2.45) is 11.8 Å². The number of rotatable bonds is 4. The maximum Gasteiger partial charge on any atom is 0.159 e. The van der Waals surface area contributed by atoms with Gasteiger partial charge in [-0.25, -0.2) is 0 Å². The number of benzene rings is 2. The van der Waals surface area contributed by atoms with Crippen molar-refractivity contribution in [2.75, 3.05) is 24.6 Å². The van der Waals surface area contributed by atoms with Crippen LogP contribution >= 0.6 is 11.6 Å². The van der Waals surface area contributed by atoms with E-state index in [2.05, 4.69) is 30.0 Å². The Morgan fingerprint density at radius 2 is 2.03 bits per heavy atom. The van der Waals surface area contributed by atoms with Crippen molar-refractivity contribution in [1.29, 1.82) is 0 Å². The van der Waals surface area contributed by atoms with Crippen LogP contribution in [0.25, 0.3) is 0 Å². The highest BCUT2D eigenvalue weighted by atomic mass is 35.5. The molecule has 1 aliphatic heterocycles. The summed E-state index contributed by atoms with van der Waals surface area (Å²) in [5.41, 5.74) is 4.58. The number of carbonyl (C=O) groups excluding carboxylic acids is 1. The van der Waals surface area contributed by atoms with Gasteiger partial charge in [-0.15, -0.1) is 0 Å². The highest BCUT2D eigenvalue weighted by Gasteiger charge is 2.43. The lowest BCUT2D eigenvalue weighted by Crippen LogP contribution is -2.48. The van der Waals surface area contributed by atoms with Crippen molar-refractivity contribution >= 4 is 23.1 Å². The van der Waals surface area contributed by atoms with Gasteiger partial charge in [0.25, 0.3) is 0 Å². The second-order valence-corrected chi connectivity index (χ2v) is 10.3. The van der Waals surface area contributed by atoms with Gasteiger partial charge in [-0.05, 0) is 92.3 Å². The summed E-state index contributed by atoms with van der Waals surface area (Å²) in [5.74, 6) is 2.56. The number of ether oxygens (including phenoxy) is 1. The third kappa shape index (κ3) is 3.75. The summed E-state index contributed by atoms with van der Waals surface area (Å²) in [6, 6.07) is 12.4. The molecule has 0 amide bonds. The number of halogens is 1. The predicted molar refractivity (Wildman–Crippen MR) is 127 cm³/mol. The first-order valence-electron chi connectivity index (χ1n) is 11.8. The molecule has 5 rings (SSSR count). The molecule has 1 spiro atoms. The van der Waals surface area contributed by atoms with Crippen LogP contribution in [0.3, 0.4) is 0 Å². The highest BCUT2D eigenvalue weighted by Crippen LogP contribution is 2.46. The van der Waals surface area contributed by atoms with Crippen molar-refractivity contribution in [3.8, 4) is 5.75 Å². The fourth-order valence-electron chi connectivity index (χ4n) is 6.03. The fourth-order valence-corrected chi connectivity index (χ4v) is 6.23. The number of Topliss-reactive ketones (excluding diaryl/α,β-unsaturated/α-hetero) is 1. The molecule has 0 bridgehead atoms. The molecule has 3 nitrogen and oxygen atoms in total. The summed E-state index contributed by atoms with van der Waals surface area (Å²) < 4.78 is 6.49. The second kappa shape index (κ2) is 8.16. The molecule has 1 saturated carbocycles. The molecule has 1 heterocycles. The molecule has 3 aliphatic rings. The Morgan fingerprint density at radius 1 is 1.19 bits per heavy atom. The highest BCUT2D eigenvalue weighted by molar-refractivity contribution is 6.30. The summed E-state index contributed by atoms with van der Waals surface area (Å²) >= 11 is 6.34. The van der Waals surface area contributed by atoms with Gasteiger partial charge < -0.3 is 9.64 Å². The number of aryl methyl sites for hydroxylation is 1. The first kappa shape index (κ1) is 20.9. The van der Waals surface area contributed by atoms with Crippen molar-refractivity contribution in [1.82, 2.24) is 0 Å². The van der Waals surface area contributed by atoms with Crippen molar-refractivity contribution in [3.05, 3.63) is 58.1 Å². The zero-order valence-electron chi connectivity index (χ0n) is 18.6. The molecule has 31 heavy (non-hydrogen) atoms. The zero-order chi connectivity index (χ0) is 21.6. The number of ketones is 1. The SMILES string of the molecule is CC[C@@H]1CC[C@H]1CN1C[C@@]2(CCCc3cc(Cl)ccc32)COc2ccc(C(C)=O)cc21. The van der Waals surface area contributed by atoms with E-state index in [1.165, 1.54) is 30.4 Å². The van der Waals surface area contributed by atoms with E-state index in [9.17, 15) is 4.79 Å². The summed E-state index contributed by atoms with van der Waals surface area (Å²) in [4.78, 5) is 14.7. The number of nitrogens with zero attached hydrogens (tertiary/aromatic N) is 1. The van der Waals surface area contributed by atoms with Gasteiger partial charge in [0.15, 0.2) is 5.78 Å². The lowest BCUT2D eigenvalue weighted by molar-refractivity contribution is 0.101. The van der Waals surface area contributed by atoms with Crippen LogP contribution < -0.4 is 9.64 Å². The first-order valence-corrected chi connectivity index (χ1v) is 12.2. The predicted octanol–water partition coefficient (Wildman–Crippen LogP) is 6.45. The summed E-state index contributed by atoms with van der Waals surface area (Å²) in [5, 5.41) is 0.817. The third-order valence-electron chi connectivity index (χ3n) is 8.00. The fraction of sp³-hybridized carbons (Fsp3) is 0.519. The zero-order valence-corrected chi connectivity index (χ0v) is 19.4. The average molecular weight is 438 g/mol. The van der Waals surface area contributed by atoms with Crippen LogP contribution in [-0.2, 0) is 11.8 Å². The van der Waals surface area contributed by atoms with Gasteiger partial charge in [-0.1, -0.05) is 31.0 Å². The van der Waals surface area contributed by atoms with Gasteiger partial charge in [0.05, 0.1) is 12.3 Å². The molecule has 164 valence electrons. The number of anilines is 1. The van der Waals surface area contributed by atoms with Crippen LogP contribution in [0.5, 0.6) is 5.75 Å². The summed E-state index contributed by atoms with van der Waals surface area (Å²) in [7, 11) is 0. The summed E-state index contributed by atoms with van der Waals surface area (Å²) in [6.07, 6.45) is 7.25. The minimum Gasteiger partial charge on any atom is -0.490 e. The lowest BCUT2D eigenvalue weighted by atomic mass is 9.69. The number of fused-ring (bicyclic) bond motifs is 3. The van der Waals surface area contributed by atoms with Crippen LogP contribution in [0.15, 0.2) is 36.4 Å². The van der Waals surface area contributed by atoms with E-state index in [0.29, 0.717) is 6.61 Å². The van der Waals surface area contributed by atoms with Crippen LogP contribution in [0.4, 0.5) is 5.69 Å². The topological polar surface area (TPSA) is 29.5 Å². The molecule has 0 saturated heterocycles. The van der Waals surface area contributed by atoms with E-state index < -0.39 is 0 Å². The molecule has 0 radical (unpaired) electrons.